The molecule has 2 aliphatic rings. The van der Waals surface area contributed by atoms with Crippen molar-refractivity contribution in [1.82, 2.24) is 19.9 Å². The van der Waals surface area contributed by atoms with Crippen molar-refractivity contribution in [2.24, 2.45) is 4.99 Å². The number of hydrogen-bond acceptors (Lipinski definition) is 7. The van der Waals surface area contributed by atoms with Crippen LogP contribution in [0.3, 0.4) is 0 Å². The predicted octanol–water partition coefficient (Wildman–Crippen LogP) is 0.715. The van der Waals surface area contributed by atoms with E-state index in [-0.39, 0.29) is 5.75 Å². The summed E-state index contributed by atoms with van der Waals surface area (Å²) >= 11 is 0. The molecule has 0 aliphatic carbocycles. The summed E-state index contributed by atoms with van der Waals surface area (Å²) < 4.78 is 31.0. The van der Waals surface area contributed by atoms with E-state index < -0.39 is 10.0 Å². The molecule has 0 spiro atoms. The van der Waals surface area contributed by atoms with Crippen LogP contribution < -0.4 is 14.8 Å². The van der Waals surface area contributed by atoms with Crippen LogP contribution in [0.4, 0.5) is 0 Å². The van der Waals surface area contributed by atoms with Crippen LogP contribution in [0.1, 0.15) is 31.2 Å². The molecule has 26 heavy (non-hydrogen) atoms. The zero-order valence-corrected chi connectivity index (χ0v) is 15.8. The van der Waals surface area contributed by atoms with Gasteiger partial charge in [-0.2, -0.15) is 0 Å². The number of guanidine groups is 1. The number of sulfonamides is 1. The fourth-order valence-electron chi connectivity index (χ4n) is 3.06. The normalized spacial score (nSPS) is 20.1. The fraction of sp³-hybridized carbons (Fsp3) is 0.647. The summed E-state index contributed by atoms with van der Waals surface area (Å²) in [7, 11) is -3.22. The van der Waals surface area contributed by atoms with E-state index in [4.69, 9.17) is 4.74 Å². The first-order valence-electron chi connectivity index (χ1n) is 9.20. The molecule has 0 saturated carbocycles. The number of aliphatic imine (C=N–C) groups is 1. The van der Waals surface area contributed by atoms with Crippen molar-refractivity contribution >= 4 is 16.0 Å². The molecule has 1 fully saturated rings. The lowest BCUT2D eigenvalue weighted by Gasteiger charge is -2.26. The topological polar surface area (TPSA) is 95.9 Å². The number of pyridine rings is 1. The molecule has 0 amide bonds. The molecule has 0 atom stereocenters. The smallest absolute Gasteiger partial charge is 0.236 e. The van der Waals surface area contributed by atoms with Gasteiger partial charge in [0.1, 0.15) is 0 Å². The molecular formula is C17H27N5O3S. The monoisotopic (exact) mass is 381 g/mol. The molecule has 1 aromatic rings. The van der Waals surface area contributed by atoms with Crippen molar-refractivity contribution in [3.63, 3.8) is 0 Å². The molecule has 144 valence electrons. The first-order chi connectivity index (χ1) is 12.6. The molecule has 0 bridgehead atoms. The lowest BCUT2D eigenvalue weighted by molar-refractivity contribution is 0.220. The fourth-order valence-corrected chi connectivity index (χ4v) is 3.92. The molecular weight excluding hydrogens is 354 g/mol. The minimum atomic E-state index is -3.22. The number of rotatable bonds is 7. The minimum absolute atomic E-state index is 0.0424. The molecule has 2 N–H and O–H groups in total. The summed E-state index contributed by atoms with van der Waals surface area (Å²) in [6.45, 7) is 4.65. The highest BCUT2D eigenvalue weighted by atomic mass is 32.2. The summed E-state index contributed by atoms with van der Waals surface area (Å²) in [5.41, 5.74) is 1.22. The second-order valence-electron chi connectivity index (χ2n) is 6.62. The predicted molar refractivity (Wildman–Crippen MR) is 101 cm³/mol. The first-order valence-corrected chi connectivity index (χ1v) is 10.8. The van der Waals surface area contributed by atoms with Crippen molar-refractivity contribution in [3.05, 3.63) is 23.9 Å². The highest BCUT2D eigenvalue weighted by Crippen LogP contribution is 2.15. The number of hydrogen-bond donors (Lipinski definition) is 2. The van der Waals surface area contributed by atoms with Gasteiger partial charge in [0.2, 0.25) is 21.9 Å². The van der Waals surface area contributed by atoms with Gasteiger partial charge in [-0.1, -0.05) is 6.42 Å². The Morgan fingerprint density at radius 1 is 1.27 bits per heavy atom. The van der Waals surface area contributed by atoms with Crippen molar-refractivity contribution in [1.29, 1.82) is 0 Å². The van der Waals surface area contributed by atoms with Crippen LogP contribution in [0.25, 0.3) is 0 Å². The average molecular weight is 382 g/mol. The highest BCUT2D eigenvalue weighted by molar-refractivity contribution is 7.90. The van der Waals surface area contributed by atoms with Gasteiger partial charge in [-0.05, 0) is 44.0 Å². The molecule has 0 unspecified atom stereocenters. The van der Waals surface area contributed by atoms with Gasteiger partial charge in [0.15, 0.2) is 0 Å². The number of likely N-dealkylation sites (tertiary alicyclic amines) is 1. The molecule has 0 radical (unpaired) electrons. The Kier molecular flexibility index (Phi) is 6.67. The molecule has 0 aromatic carbocycles. The van der Waals surface area contributed by atoms with E-state index >= 15 is 0 Å². The molecule has 2 aliphatic heterocycles. The van der Waals surface area contributed by atoms with E-state index in [1.807, 2.05) is 12.1 Å². The molecule has 1 aromatic heterocycles. The molecule has 1 saturated heterocycles. The van der Waals surface area contributed by atoms with Gasteiger partial charge in [0, 0.05) is 25.4 Å². The zero-order valence-electron chi connectivity index (χ0n) is 15.0. The van der Waals surface area contributed by atoms with Crippen molar-refractivity contribution in [3.8, 4) is 5.88 Å². The quantitative estimate of drug-likeness (QED) is 0.676. The molecule has 3 heterocycles. The Morgan fingerprint density at radius 3 is 2.92 bits per heavy atom. The van der Waals surface area contributed by atoms with Crippen LogP contribution in [-0.4, -0.2) is 62.8 Å². The number of aromatic nitrogens is 1. The summed E-state index contributed by atoms with van der Waals surface area (Å²) in [6.07, 6.45) is 6.41. The maximum Gasteiger partial charge on any atom is 0.236 e. The Bertz CT molecular complexity index is 717. The van der Waals surface area contributed by atoms with E-state index in [9.17, 15) is 8.42 Å². The number of piperidine rings is 1. The summed E-state index contributed by atoms with van der Waals surface area (Å²) in [5, 5.41) is 2.98. The van der Waals surface area contributed by atoms with Gasteiger partial charge in [-0.3, -0.25) is 14.6 Å². The van der Waals surface area contributed by atoms with Gasteiger partial charge in [0.05, 0.1) is 18.9 Å². The van der Waals surface area contributed by atoms with E-state index in [1.54, 1.807) is 6.20 Å². The Morgan fingerprint density at radius 2 is 2.12 bits per heavy atom. The maximum atomic E-state index is 11.4. The number of nitrogens with one attached hydrogen (secondary N) is 2. The average Bonchev–Trinajstić information content (AvgIpc) is 2.62. The van der Waals surface area contributed by atoms with Gasteiger partial charge >= 0.3 is 0 Å². The number of nitrogens with zero attached hydrogens (tertiary/aromatic N) is 3. The van der Waals surface area contributed by atoms with E-state index in [1.165, 1.54) is 24.8 Å². The van der Waals surface area contributed by atoms with Crippen LogP contribution in [0.15, 0.2) is 23.3 Å². The van der Waals surface area contributed by atoms with Crippen molar-refractivity contribution < 1.29 is 13.2 Å². The number of ether oxygens (including phenoxy) is 1. The van der Waals surface area contributed by atoms with Crippen molar-refractivity contribution in [2.75, 3.05) is 38.5 Å². The van der Waals surface area contributed by atoms with Gasteiger partial charge in [0.25, 0.3) is 0 Å². The zero-order chi connectivity index (χ0) is 18.2. The third-order valence-corrected chi connectivity index (χ3v) is 5.62. The van der Waals surface area contributed by atoms with Crippen LogP contribution in [0.5, 0.6) is 5.88 Å². The highest BCUT2D eigenvalue weighted by Gasteiger charge is 2.17. The second kappa shape index (κ2) is 9.18. The van der Waals surface area contributed by atoms with Crippen LogP contribution >= 0.6 is 0 Å². The summed E-state index contributed by atoms with van der Waals surface area (Å²) in [4.78, 5) is 10.8. The molecule has 3 rings (SSSR count). The lowest BCUT2D eigenvalue weighted by Crippen LogP contribution is -2.46. The standard InChI is InChI=1S/C17H27N5O3S/c23-26(24)12-8-20-17(21-26)19-6-4-11-25-16-13-15(5-7-18-16)14-22-9-2-1-3-10-22/h5,7,13H,1-4,6,8-12,14H2,(H2,19,20,21). The Labute approximate surface area is 155 Å². The minimum Gasteiger partial charge on any atom is -0.478 e. The van der Waals surface area contributed by atoms with Gasteiger partial charge in [-0.15, -0.1) is 0 Å². The van der Waals surface area contributed by atoms with E-state index in [0.717, 1.165) is 26.1 Å². The lowest BCUT2D eigenvalue weighted by atomic mass is 10.1. The van der Waals surface area contributed by atoms with Crippen LogP contribution in [0, 0.1) is 0 Å². The Balaban J connectivity index is 1.37. The third kappa shape index (κ3) is 6.14. The van der Waals surface area contributed by atoms with Gasteiger partial charge < -0.3 is 10.1 Å². The Hall–Kier alpha value is -1.87. The van der Waals surface area contributed by atoms with E-state index in [0.29, 0.717) is 31.5 Å². The molecule has 8 nitrogen and oxygen atoms in total. The second-order valence-corrected chi connectivity index (χ2v) is 8.46. The maximum absolute atomic E-state index is 11.4. The largest absolute Gasteiger partial charge is 0.478 e. The third-order valence-electron chi connectivity index (χ3n) is 4.40. The first kappa shape index (κ1) is 18.9. The summed E-state index contributed by atoms with van der Waals surface area (Å²) in [6, 6.07) is 4.04. The van der Waals surface area contributed by atoms with E-state index in [2.05, 4.69) is 24.9 Å². The SMILES string of the molecule is O=S1(=O)CCN=C(NCCCOc2cc(CN3CCCCC3)ccn2)N1. The van der Waals surface area contributed by atoms with Crippen LogP contribution in [-0.2, 0) is 16.6 Å². The van der Waals surface area contributed by atoms with Crippen LogP contribution in [0.2, 0.25) is 0 Å². The van der Waals surface area contributed by atoms with Crippen molar-refractivity contribution in [2.45, 2.75) is 32.2 Å². The van der Waals surface area contributed by atoms with Gasteiger partial charge in [-0.25, -0.2) is 13.4 Å². The molecule has 9 heteroatoms. The summed E-state index contributed by atoms with van der Waals surface area (Å²) in [5.74, 6) is 0.994.